The fourth-order valence-electron chi connectivity index (χ4n) is 2.92. The average molecular weight is 297 g/mol. The second-order valence-electron chi connectivity index (χ2n) is 6.60. The molecular weight excluding hydrogens is 262 g/mol. The Hall–Kier alpha value is -0.610. The maximum absolute atomic E-state index is 12.7. The van der Waals surface area contributed by atoms with E-state index in [0.717, 1.165) is 38.8 Å². The van der Waals surface area contributed by atoms with E-state index < -0.39 is 0 Å². The number of nitrogens with zero attached hydrogens (tertiary/aromatic N) is 2. The standard InChI is InChI=1S/C17H35N3O/c1-7-10-15-18-16(13(4)8-2)17(21)20(15)12-11-19(6)14(5)9-3/h13-16,18H,7-12H2,1-6H3. The van der Waals surface area contributed by atoms with Crippen LogP contribution in [-0.4, -0.2) is 54.1 Å². The van der Waals surface area contributed by atoms with Gasteiger partial charge in [-0.15, -0.1) is 0 Å². The minimum Gasteiger partial charge on any atom is -0.325 e. The molecule has 0 aromatic heterocycles. The molecule has 1 aliphatic heterocycles. The van der Waals surface area contributed by atoms with Crippen LogP contribution < -0.4 is 5.32 Å². The minimum absolute atomic E-state index is 0.0143. The number of nitrogens with one attached hydrogen (secondary N) is 1. The van der Waals surface area contributed by atoms with E-state index in [9.17, 15) is 4.79 Å². The molecule has 1 saturated heterocycles. The average Bonchev–Trinajstić information content (AvgIpc) is 2.79. The van der Waals surface area contributed by atoms with E-state index in [2.05, 4.69) is 56.8 Å². The van der Waals surface area contributed by atoms with E-state index in [0.29, 0.717) is 17.9 Å². The normalized spacial score (nSPS) is 25.7. The lowest BCUT2D eigenvalue weighted by Crippen LogP contribution is -2.43. The number of amides is 1. The summed E-state index contributed by atoms with van der Waals surface area (Å²) in [5.74, 6) is 0.717. The molecule has 4 unspecified atom stereocenters. The third kappa shape index (κ3) is 4.68. The zero-order chi connectivity index (χ0) is 16.0. The monoisotopic (exact) mass is 297 g/mol. The van der Waals surface area contributed by atoms with Crippen LogP contribution in [0.15, 0.2) is 0 Å². The Labute approximate surface area is 131 Å². The molecule has 4 nitrogen and oxygen atoms in total. The Kier molecular flexibility index (Phi) is 7.67. The topological polar surface area (TPSA) is 35.6 Å². The Morgan fingerprint density at radius 1 is 1.24 bits per heavy atom. The third-order valence-corrected chi connectivity index (χ3v) is 5.11. The van der Waals surface area contributed by atoms with E-state index in [1.807, 2.05) is 0 Å². The fourth-order valence-corrected chi connectivity index (χ4v) is 2.92. The second-order valence-corrected chi connectivity index (χ2v) is 6.60. The first-order valence-electron chi connectivity index (χ1n) is 8.72. The van der Waals surface area contributed by atoms with Crippen LogP contribution in [0.2, 0.25) is 0 Å². The predicted octanol–water partition coefficient (Wildman–Crippen LogP) is 2.69. The van der Waals surface area contributed by atoms with Crippen molar-refractivity contribution < 1.29 is 4.79 Å². The molecule has 0 radical (unpaired) electrons. The number of carbonyl (C=O) groups excluding carboxylic acids is 1. The van der Waals surface area contributed by atoms with Crippen LogP contribution in [0.5, 0.6) is 0 Å². The molecule has 1 rings (SSSR count). The zero-order valence-corrected chi connectivity index (χ0v) is 14.9. The van der Waals surface area contributed by atoms with Crippen LogP contribution in [0.1, 0.15) is 60.3 Å². The van der Waals surface area contributed by atoms with Gasteiger partial charge in [-0.3, -0.25) is 10.1 Å². The van der Waals surface area contributed by atoms with Crippen LogP contribution in [0.25, 0.3) is 0 Å². The molecule has 0 aromatic rings. The van der Waals surface area contributed by atoms with Gasteiger partial charge in [-0.2, -0.15) is 0 Å². The fraction of sp³-hybridized carbons (Fsp3) is 0.941. The zero-order valence-electron chi connectivity index (χ0n) is 14.9. The molecule has 1 heterocycles. The highest BCUT2D eigenvalue weighted by atomic mass is 16.2. The molecule has 1 amide bonds. The van der Waals surface area contributed by atoms with Crippen molar-refractivity contribution in [2.75, 3.05) is 20.1 Å². The van der Waals surface area contributed by atoms with Gasteiger partial charge >= 0.3 is 0 Å². The lowest BCUT2D eigenvalue weighted by molar-refractivity contribution is -0.131. The van der Waals surface area contributed by atoms with Gasteiger partial charge in [0.15, 0.2) is 0 Å². The van der Waals surface area contributed by atoms with E-state index in [1.54, 1.807) is 0 Å². The largest absolute Gasteiger partial charge is 0.325 e. The van der Waals surface area contributed by atoms with Gasteiger partial charge in [-0.25, -0.2) is 0 Å². The number of rotatable bonds is 9. The summed E-state index contributed by atoms with van der Waals surface area (Å²) in [4.78, 5) is 17.1. The summed E-state index contributed by atoms with van der Waals surface area (Å²) in [5.41, 5.74) is 0. The maximum atomic E-state index is 12.7. The molecular formula is C17H35N3O. The minimum atomic E-state index is 0.0143. The third-order valence-electron chi connectivity index (χ3n) is 5.11. The molecule has 21 heavy (non-hydrogen) atoms. The number of hydrogen-bond donors (Lipinski definition) is 1. The van der Waals surface area contributed by atoms with Gasteiger partial charge in [-0.1, -0.05) is 40.5 Å². The highest BCUT2D eigenvalue weighted by molar-refractivity contribution is 5.84. The van der Waals surface area contributed by atoms with Gasteiger partial charge in [0.2, 0.25) is 5.91 Å². The Morgan fingerprint density at radius 2 is 1.90 bits per heavy atom. The summed E-state index contributed by atoms with van der Waals surface area (Å²) in [6.07, 6.45) is 4.58. The van der Waals surface area contributed by atoms with E-state index in [1.165, 1.54) is 0 Å². The SMILES string of the molecule is CCCC1NC(C(C)CC)C(=O)N1CCN(C)C(C)CC. The molecule has 124 valence electrons. The molecule has 1 N–H and O–H groups in total. The van der Waals surface area contributed by atoms with E-state index in [4.69, 9.17) is 0 Å². The highest BCUT2D eigenvalue weighted by Crippen LogP contribution is 2.21. The first-order valence-corrected chi connectivity index (χ1v) is 8.72. The predicted molar refractivity (Wildman–Crippen MR) is 89.2 cm³/mol. The molecule has 0 spiro atoms. The quantitative estimate of drug-likeness (QED) is 0.711. The van der Waals surface area contributed by atoms with Gasteiger partial charge in [0.1, 0.15) is 0 Å². The van der Waals surface area contributed by atoms with E-state index in [-0.39, 0.29) is 12.2 Å². The van der Waals surface area contributed by atoms with Crippen molar-refractivity contribution in [2.45, 2.75) is 78.6 Å². The van der Waals surface area contributed by atoms with Crippen molar-refractivity contribution >= 4 is 5.91 Å². The molecule has 1 aliphatic rings. The smallest absolute Gasteiger partial charge is 0.241 e. The first-order chi connectivity index (χ1) is 9.96. The lowest BCUT2D eigenvalue weighted by Gasteiger charge is -2.29. The number of likely N-dealkylation sites (N-methyl/N-ethyl adjacent to an activating group) is 1. The van der Waals surface area contributed by atoms with Crippen LogP contribution >= 0.6 is 0 Å². The van der Waals surface area contributed by atoms with Crippen LogP contribution in [-0.2, 0) is 4.79 Å². The molecule has 0 bridgehead atoms. The van der Waals surface area contributed by atoms with Crippen molar-refractivity contribution in [3.05, 3.63) is 0 Å². The van der Waals surface area contributed by atoms with Crippen molar-refractivity contribution in [2.24, 2.45) is 5.92 Å². The highest BCUT2D eigenvalue weighted by Gasteiger charge is 2.40. The van der Waals surface area contributed by atoms with Crippen molar-refractivity contribution in [3.63, 3.8) is 0 Å². The number of carbonyl (C=O) groups is 1. The molecule has 0 saturated carbocycles. The summed E-state index contributed by atoms with van der Waals surface area (Å²) in [5, 5.41) is 3.57. The summed E-state index contributed by atoms with van der Waals surface area (Å²) < 4.78 is 0. The second kappa shape index (κ2) is 8.74. The molecule has 1 fully saturated rings. The van der Waals surface area contributed by atoms with Gasteiger partial charge in [-0.05, 0) is 32.7 Å². The van der Waals surface area contributed by atoms with Gasteiger partial charge < -0.3 is 9.80 Å². The van der Waals surface area contributed by atoms with Crippen LogP contribution in [0.3, 0.4) is 0 Å². The maximum Gasteiger partial charge on any atom is 0.241 e. The van der Waals surface area contributed by atoms with Gasteiger partial charge in [0.05, 0.1) is 12.2 Å². The lowest BCUT2D eigenvalue weighted by atomic mass is 9.99. The summed E-state index contributed by atoms with van der Waals surface area (Å²) in [7, 11) is 2.16. The van der Waals surface area contributed by atoms with Crippen LogP contribution in [0, 0.1) is 5.92 Å². The number of hydrogen-bond acceptors (Lipinski definition) is 3. The van der Waals surface area contributed by atoms with Gasteiger partial charge in [0, 0.05) is 19.1 Å². The van der Waals surface area contributed by atoms with Crippen molar-refractivity contribution in [3.8, 4) is 0 Å². The van der Waals surface area contributed by atoms with Crippen LogP contribution in [0.4, 0.5) is 0 Å². The summed E-state index contributed by atoms with van der Waals surface area (Å²) in [6.45, 7) is 12.8. The Balaban J connectivity index is 2.65. The molecule has 4 atom stereocenters. The Bertz CT molecular complexity index is 321. The molecule has 0 aromatic carbocycles. The summed E-state index contributed by atoms with van der Waals surface area (Å²) in [6, 6.07) is 0.589. The first kappa shape index (κ1) is 18.4. The van der Waals surface area contributed by atoms with Crippen molar-refractivity contribution in [1.29, 1.82) is 0 Å². The molecule has 4 heteroatoms. The van der Waals surface area contributed by atoms with E-state index >= 15 is 0 Å². The summed E-state index contributed by atoms with van der Waals surface area (Å²) >= 11 is 0. The Morgan fingerprint density at radius 3 is 2.43 bits per heavy atom. The van der Waals surface area contributed by atoms with Gasteiger partial charge in [0.25, 0.3) is 0 Å². The van der Waals surface area contributed by atoms with Crippen molar-refractivity contribution in [1.82, 2.24) is 15.1 Å². The molecule has 0 aliphatic carbocycles.